The number of allylic oxidation sites excluding steroid dienone is 2. The Morgan fingerprint density at radius 1 is 1.05 bits per heavy atom. The molecule has 38 heavy (non-hydrogen) atoms. The lowest BCUT2D eigenvalue weighted by atomic mass is 9.82. The predicted octanol–water partition coefficient (Wildman–Crippen LogP) is 6.54. The number of carbonyl (C=O) groups excluding carboxylic acids is 2. The lowest BCUT2D eigenvalue weighted by Gasteiger charge is -2.24. The Morgan fingerprint density at radius 2 is 1.76 bits per heavy atom. The molecule has 1 aliphatic carbocycles. The van der Waals surface area contributed by atoms with Gasteiger partial charge in [0.25, 0.3) is 0 Å². The Balaban J connectivity index is 1.41. The summed E-state index contributed by atoms with van der Waals surface area (Å²) in [4.78, 5) is 44.1. The van der Waals surface area contributed by atoms with E-state index in [0.29, 0.717) is 30.1 Å². The molecule has 1 aliphatic rings. The lowest BCUT2D eigenvalue weighted by Crippen LogP contribution is -2.34. The van der Waals surface area contributed by atoms with E-state index in [2.05, 4.69) is 15.6 Å². The lowest BCUT2D eigenvalue weighted by molar-refractivity contribution is -0.146. The van der Waals surface area contributed by atoms with Crippen LogP contribution in [0.2, 0.25) is 0 Å². The number of thiazole rings is 1. The molecule has 9 heteroatoms. The molecule has 1 heterocycles. The van der Waals surface area contributed by atoms with Crippen molar-refractivity contribution in [1.29, 1.82) is 0 Å². The fourth-order valence-electron chi connectivity index (χ4n) is 4.36. The van der Waals surface area contributed by atoms with Crippen LogP contribution in [0.1, 0.15) is 36.6 Å². The third kappa shape index (κ3) is 6.71. The SMILES string of the molecule is CCC(Sc1cccc(NC(=O)C2CC=CCC2C(=O)O)c1)C(=O)Nc1nc(-c2ccc(C)cc2)c(C)s1. The topological polar surface area (TPSA) is 108 Å². The van der Waals surface area contributed by atoms with E-state index < -0.39 is 17.8 Å². The standard InChI is InChI=1S/C29H31N3O4S2/c1-4-24(27(34)32-29-31-25(18(3)37-29)19-14-12-17(2)13-15-19)38-21-9-7-8-20(16-21)30-26(33)22-10-5-6-11-23(22)28(35)36/h5-9,12-16,22-24H,4,10-11H2,1-3H3,(H,30,33)(H,35,36)(H,31,32,34). The minimum Gasteiger partial charge on any atom is -0.481 e. The van der Waals surface area contributed by atoms with Gasteiger partial charge >= 0.3 is 5.97 Å². The molecule has 0 aliphatic heterocycles. The molecule has 2 aromatic carbocycles. The zero-order chi connectivity index (χ0) is 27.2. The fourth-order valence-corrected chi connectivity index (χ4v) is 6.21. The van der Waals surface area contributed by atoms with Crippen molar-refractivity contribution >= 4 is 51.7 Å². The van der Waals surface area contributed by atoms with Gasteiger partial charge in [0.1, 0.15) is 0 Å². The number of aliphatic carboxylic acids is 1. The molecule has 0 saturated heterocycles. The van der Waals surface area contributed by atoms with Crippen molar-refractivity contribution in [3.8, 4) is 11.3 Å². The number of hydrogen-bond acceptors (Lipinski definition) is 6. The second-order valence-corrected chi connectivity index (χ2v) is 11.8. The Morgan fingerprint density at radius 3 is 2.45 bits per heavy atom. The molecule has 3 unspecified atom stereocenters. The van der Waals surface area contributed by atoms with Crippen molar-refractivity contribution in [3.05, 3.63) is 71.1 Å². The number of nitrogens with zero attached hydrogens (tertiary/aromatic N) is 1. The molecule has 2 amide bonds. The maximum Gasteiger partial charge on any atom is 0.307 e. The third-order valence-electron chi connectivity index (χ3n) is 6.48. The molecule has 0 saturated carbocycles. The summed E-state index contributed by atoms with van der Waals surface area (Å²) in [6.45, 7) is 5.99. The van der Waals surface area contributed by atoms with Crippen molar-refractivity contribution in [1.82, 2.24) is 4.98 Å². The number of benzene rings is 2. The second-order valence-electron chi connectivity index (χ2n) is 9.30. The largest absolute Gasteiger partial charge is 0.481 e. The molecule has 0 spiro atoms. The fraction of sp³-hybridized carbons (Fsp3) is 0.310. The van der Waals surface area contributed by atoms with Gasteiger partial charge < -0.3 is 15.7 Å². The Kier molecular flexibility index (Phi) is 9.01. The number of carboxylic acid groups (broad SMARTS) is 1. The van der Waals surface area contributed by atoms with Crippen LogP contribution in [0.15, 0.2) is 65.6 Å². The molecule has 0 radical (unpaired) electrons. The molecule has 3 N–H and O–H groups in total. The predicted molar refractivity (Wildman–Crippen MR) is 154 cm³/mol. The summed E-state index contributed by atoms with van der Waals surface area (Å²) in [6, 6.07) is 15.4. The number of carboxylic acids is 1. The van der Waals surface area contributed by atoms with E-state index in [0.717, 1.165) is 21.0 Å². The zero-order valence-corrected chi connectivity index (χ0v) is 23.2. The first-order valence-corrected chi connectivity index (χ1v) is 14.3. The van der Waals surface area contributed by atoms with Crippen LogP contribution in [-0.2, 0) is 14.4 Å². The van der Waals surface area contributed by atoms with Gasteiger partial charge in [-0.15, -0.1) is 23.1 Å². The quantitative estimate of drug-likeness (QED) is 0.207. The van der Waals surface area contributed by atoms with Crippen LogP contribution in [0.3, 0.4) is 0 Å². The Hall–Kier alpha value is -3.43. The maximum absolute atomic E-state index is 13.1. The van der Waals surface area contributed by atoms with Gasteiger partial charge in [-0.2, -0.15) is 0 Å². The summed E-state index contributed by atoms with van der Waals surface area (Å²) in [7, 11) is 0. The van der Waals surface area contributed by atoms with Crippen molar-refractivity contribution in [2.45, 2.75) is 50.2 Å². The zero-order valence-electron chi connectivity index (χ0n) is 21.6. The highest BCUT2D eigenvalue weighted by Gasteiger charge is 2.34. The second kappa shape index (κ2) is 12.4. The molecular formula is C29H31N3O4S2. The molecule has 198 valence electrons. The van der Waals surface area contributed by atoms with Crippen LogP contribution in [0.4, 0.5) is 10.8 Å². The van der Waals surface area contributed by atoms with E-state index in [9.17, 15) is 19.5 Å². The van der Waals surface area contributed by atoms with Crippen LogP contribution in [0.5, 0.6) is 0 Å². The number of amides is 2. The first-order valence-electron chi connectivity index (χ1n) is 12.6. The summed E-state index contributed by atoms with van der Waals surface area (Å²) < 4.78 is 0. The van der Waals surface area contributed by atoms with Crippen molar-refractivity contribution in [3.63, 3.8) is 0 Å². The van der Waals surface area contributed by atoms with Gasteiger partial charge in [-0.25, -0.2) is 4.98 Å². The Labute approximate surface area is 230 Å². The average molecular weight is 550 g/mol. The summed E-state index contributed by atoms with van der Waals surface area (Å²) in [5, 5.41) is 15.5. The minimum atomic E-state index is -0.961. The number of aromatic nitrogens is 1. The van der Waals surface area contributed by atoms with Crippen LogP contribution < -0.4 is 10.6 Å². The molecule has 3 atom stereocenters. The number of aryl methyl sites for hydroxylation is 2. The number of rotatable bonds is 9. The highest BCUT2D eigenvalue weighted by molar-refractivity contribution is 8.00. The smallest absolute Gasteiger partial charge is 0.307 e. The van der Waals surface area contributed by atoms with Gasteiger partial charge in [-0.05, 0) is 51.3 Å². The van der Waals surface area contributed by atoms with Gasteiger partial charge in [0, 0.05) is 21.0 Å². The van der Waals surface area contributed by atoms with Gasteiger partial charge in [0.15, 0.2) is 5.13 Å². The molecule has 1 aromatic heterocycles. The summed E-state index contributed by atoms with van der Waals surface area (Å²) in [5.41, 5.74) is 3.64. The maximum atomic E-state index is 13.1. The van der Waals surface area contributed by atoms with Gasteiger partial charge in [0.2, 0.25) is 11.8 Å². The number of thioether (sulfide) groups is 1. The van der Waals surface area contributed by atoms with Crippen molar-refractivity contribution in [2.75, 3.05) is 10.6 Å². The van der Waals surface area contributed by atoms with Crippen molar-refractivity contribution in [2.24, 2.45) is 11.8 Å². The van der Waals surface area contributed by atoms with E-state index in [1.807, 2.05) is 75.4 Å². The highest BCUT2D eigenvalue weighted by Crippen LogP contribution is 2.33. The first-order chi connectivity index (χ1) is 18.2. The first kappa shape index (κ1) is 27.6. The van der Waals surface area contributed by atoms with Gasteiger partial charge in [0.05, 0.1) is 22.8 Å². The summed E-state index contributed by atoms with van der Waals surface area (Å²) in [5.74, 6) is -2.75. The highest BCUT2D eigenvalue weighted by atomic mass is 32.2. The third-order valence-corrected chi connectivity index (χ3v) is 8.73. The number of carbonyl (C=O) groups is 3. The number of hydrogen-bond donors (Lipinski definition) is 3. The van der Waals surface area contributed by atoms with E-state index in [1.165, 1.54) is 28.7 Å². The van der Waals surface area contributed by atoms with E-state index >= 15 is 0 Å². The van der Waals surface area contributed by atoms with Crippen LogP contribution >= 0.6 is 23.1 Å². The van der Waals surface area contributed by atoms with E-state index in [4.69, 9.17) is 0 Å². The van der Waals surface area contributed by atoms with Gasteiger partial charge in [-0.3, -0.25) is 14.4 Å². The summed E-state index contributed by atoms with van der Waals surface area (Å²) >= 11 is 2.87. The molecule has 4 rings (SSSR count). The van der Waals surface area contributed by atoms with Crippen molar-refractivity contribution < 1.29 is 19.5 Å². The van der Waals surface area contributed by atoms with Gasteiger partial charge in [-0.1, -0.05) is 55.0 Å². The van der Waals surface area contributed by atoms with Crippen LogP contribution in [0.25, 0.3) is 11.3 Å². The molecule has 0 fully saturated rings. The molecule has 3 aromatic rings. The normalized spacial score (nSPS) is 17.6. The monoisotopic (exact) mass is 549 g/mol. The molecule has 0 bridgehead atoms. The van der Waals surface area contributed by atoms with Crippen LogP contribution in [0, 0.1) is 25.7 Å². The molecule has 7 nitrogen and oxygen atoms in total. The minimum absolute atomic E-state index is 0.130. The Bertz CT molecular complexity index is 1350. The van der Waals surface area contributed by atoms with E-state index in [-0.39, 0.29) is 17.1 Å². The van der Waals surface area contributed by atoms with E-state index in [1.54, 1.807) is 6.07 Å². The summed E-state index contributed by atoms with van der Waals surface area (Å²) in [6.07, 6.45) is 5.02. The number of nitrogens with one attached hydrogen (secondary N) is 2. The average Bonchev–Trinajstić information content (AvgIpc) is 3.27. The molecular weight excluding hydrogens is 518 g/mol. The van der Waals surface area contributed by atoms with Crippen LogP contribution in [-0.4, -0.2) is 33.1 Å². The number of anilines is 2.